The Bertz CT molecular complexity index is 808. The molecule has 1 aromatic carbocycles. The molecule has 2 fully saturated rings. The second-order valence-corrected chi connectivity index (χ2v) is 7.61. The van der Waals surface area contributed by atoms with E-state index in [4.69, 9.17) is 14.3 Å². The van der Waals surface area contributed by atoms with Gasteiger partial charge in [0.15, 0.2) is 0 Å². The van der Waals surface area contributed by atoms with Crippen LogP contribution < -0.4 is 0 Å². The molecule has 4 rings (SSSR count). The van der Waals surface area contributed by atoms with Crippen LogP contribution in [0, 0.1) is 11.8 Å². The standard InChI is InChI=1S/C20H22F3NO2.CH2O2/c21-20(22,23)18-9-8-16(26-18)12-24-11-14-5-4-10-19(25,17(14)13-24)15-6-2-1-3-7-15;2-1-3/h1-3,6-9,14,17,25H,4-5,10-13H2;1H,(H,2,3)/t14-,17+,19+;/m0./s1. The molecule has 0 spiro atoms. The summed E-state index contributed by atoms with van der Waals surface area (Å²) in [5.41, 5.74) is 0.0769. The van der Waals surface area contributed by atoms with Crippen LogP contribution in [-0.2, 0) is 23.1 Å². The first kappa shape index (κ1) is 21.4. The number of alkyl halides is 3. The topological polar surface area (TPSA) is 73.9 Å². The maximum absolute atomic E-state index is 12.7. The molecule has 2 aromatic rings. The highest BCUT2D eigenvalue weighted by molar-refractivity contribution is 5.32. The Hall–Kier alpha value is -2.32. The summed E-state index contributed by atoms with van der Waals surface area (Å²) in [5, 5.41) is 18.3. The van der Waals surface area contributed by atoms with E-state index in [-0.39, 0.29) is 12.4 Å². The van der Waals surface area contributed by atoms with Crippen molar-refractivity contribution in [2.45, 2.75) is 37.6 Å². The molecule has 29 heavy (non-hydrogen) atoms. The van der Waals surface area contributed by atoms with E-state index in [2.05, 4.69) is 4.90 Å². The molecule has 0 radical (unpaired) electrons. The Labute approximate surface area is 166 Å². The van der Waals surface area contributed by atoms with Gasteiger partial charge in [0.05, 0.1) is 12.1 Å². The number of fused-ring (bicyclic) bond motifs is 1. The van der Waals surface area contributed by atoms with Gasteiger partial charge < -0.3 is 14.6 Å². The predicted octanol–water partition coefficient (Wildman–Crippen LogP) is 4.12. The van der Waals surface area contributed by atoms with Crippen LogP contribution in [0.4, 0.5) is 13.2 Å². The first-order valence-electron chi connectivity index (χ1n) is 9.52. The molecule has 158 valence electrons. The lowest BCUT2D eigenvalue weighted by Gasteiger charge is -2.41. The highest BCUT2D eigenvalue weighted by Gasteiger charge is 2.49. The third-order valence-electron chi connectivity index (χ3n) is 5.86. The summed E-state index contributed by atoms with van der Waals surface area (Å²) in [6.07, 6.45) is -1.72. The van der Waals surface area contributed by atoms with Crippen molar-refractivity contribution in [3.05, 3.63) is 59.5 Å². The van der Waals surface area contributed by atoms with Gasteiger partial charge in [-0.25, -0.2) is 0 Å². The molecule has 2 aliphatic rings. The lowest BCUT2D eigenvalue weighted by molar-refractivity contribution is -0.153. The van der Waals surface area contributed by atoms with Crippen molar-refractivity contribution in [2.75, 3.05) is 13.1 Å². The second kappa shape index (κ2) is 8.59. The number of hydrogen-bond acceptors (Lipinski definition) is 4. The Kier molecular flexibility index (Phi) is 6.33. The Morgan fingerprint density at radius 1 is 1.17 bits per heavy atom. The molecule has 1 aliphatic carbocycles. The first-order valence-corrected chi connectivity index (χ1v) is 9.52. The largest absolute Gasteiger partial charge is 0.483 e. The second-order valence-electron chi connectivity index (χ2n) is 7.61. The van der Waals surface area contributed by atoms with Crippen LogP contribution in [0.25, 0.3) is 0 Å². The van der Waals surface area contributed by atoms with Gasteiger partial charge in [0.2, 0.25) is 5.76 Å². The fourth-order valence-corrected chi connectivity index (χ4v) is 4.66. The zero-order valence-corrected chi connectivity index (χ0v) is 15.8. The van der Waals surface area contributed by atoms with Crippen LogP contribution in [0.15, 0.2) is 46.9 Å². The molecule has 5 nitrogen and oxygen atoms in total. The number of rotatable bonds is 3. The van der Waals surface area contributed by atoms with Crippen LogP contribution >= 0.6 is 0 Å². The number of halogens is 3. The highest BCUT2D eigenvalue weighted by atomic mass is 19.4. The Balaban J connectivity index is 0.000000755. The van der Waals surface area contributed by atoms with Crippen LogP contribution in [0.3, 0.4) is 0 Å². The summed E-state index contributed by atoms with van der Waals surface area (Å²) in [4.78, 5) is 10.5. The number of aliphatic hydroxyl groups is 1. The van der Waals surface area contributed by atoms with Gasteiger partial charge in [0, 0.05) is 19.0 Å². The summed E-state index contributed by atoms with van der Waals surface area (Å²) >= 11 is 0. The average Bonchev–Trinajstić information content (AvgIpc) is 3.31. The lowest BCUT2D eigenvalue weighted by Crippen LogP contribution is -2.42. The molecule has 1 saturated carbocycles. The van der Waals surface area contributed by atoms with Crippen molar-refractivity contribution in [2.24, 2.45) is 11.8 Å². The van der Waals surface area contributed by atoms with Gasteiger partial charge in [-0.3, -0.25) is 9.69 Å². The van der Waals surface area contributed by atoms with Crippen molar-refractivity contribution >= 4 is 6.47 Å². The van der Waals surface area contributed by atoms with Crippen molar-refractivity contribution in [3.63, 3.8) is 0 Å². The maximum atomic E-state index is 12.7. The van der Waals surface area contributed by atoms with E-state index in [0.29, 0.717) is 24.8 Å². The quantitative estimate of drug-likeness (QED) is 0.744. The molecule has 3 atom stereocenters. The van der Waals surface area contributed by atoms with Crippen molar-refractivity contribution < 1.29 is 32.6 Å². The number of likely N-dealkylation sites (tertiary alicyclic amines) is 1. The monoisotopic (exact) mass is 411 g/mol. The average molecular weight is 411 g/mol. The third-order valence-corrected chi connectivity index (χ3v) is 5.86. The molecule has 1 saturated heterocycles. The SMILES string of the molecule is O=CO.O[C@@]1(c2ccccc2)CCC[C@H]2CN(Cc3ccc(C(F)(F)F)o3)C[C@H]21. The number of furan rings is 1. The zero-order valence-electron chi connectivity index (χ0n) is 15.8. The summed E-state index contributed by atoms with van der Waals surface area (Å²) < 4.78 is 43.1. The Morgan fingerprint density at radius 3 is 2.48 bits per heavy atom. The van der Waals surface area contributed by atoms with E-state index < -0.39 is 17.5 Å². The number of carbonyl (C=O) groups is 1. The van der Waals surface area contributed by atoms with Crippen LogP contribution in [0.5, 0.6) is 0 Å². The van der Waals surface area contributed by atoms with E-state index in [1.54, 1.807) is 0 Å². The molecule has 0 bridgehead atoms. The third kappa shape index (κ3) is 4.64. The van der Waals surface area contributed by atoms with Crippen molar-refractivity contribution in [1.29, 1.82) is 0 Å². The number of carboxylic acid groups (broad SMARTS) is 1. The van der Waals surface area contributed by atoms with E-state index in [0.717, 1.165) is 37.4 Å². The maximum Gasteiger partial charge on any atom is 0.449 e. The molecule has 1 aromatic heterocycles. The molecule has 8 heteroatoms. The number of hydrogen-bond donors (Lipinski definition) is 2. The summed E-state index contributed by atoms with van der Waals surface area (Å²) in [7, 11) is 0. The minimum atomic E-state index is -4.45. The van der Waals surface area contributed by atoms with Gasteiger partial charge in [-0.05, 0) is 42.9 Å². The van der Waals surface area contributed by atoms with Gasteiger partial charge in [0.1, 0.15) is 5.76 Å². The van der Waals surface area contributed by atoms with E-state index in [1.165, 1.54) is 6.07 Å². The van der Waals surface area contributed by atoms with Crippen molar-refractivity contribution in [3.8, 4) is 0 Å². The van der Waals surface area contributed by atoms with Crippen molar-refractivity contribution in [1.82, 2.24) is 4.90 Å². The fourth-order valence-electron chi connectivity index (χ4n) is 4.66. The summed E-state index contributed by atoms with van der Waals surface area (Å²) in [6.45, 7) is 1.54. The van der Waals surface area contributed by atoms with Gasteiger partial charge in [0.25, 0.3) is 6.47 Å². The molecule has 1 aliphatic heterocycles. The predicted molar refractivity (Wildman–Crippen MR) is 98.8 cm³/mol. The zero-order chi connectivity index (χ0) is 21.1. The van der Waals surface area contributed by atoms with Crippen LogP contribution in [0.1, 0.15) is 36.3 Å². The normalized spacial score (nSPS) is 27.0. The molecule has 2 N–H and O–H groups in total. The lowest BCUT2D eigenvalue weighted by atomic mass is 9.67. The minimum Gasteiger partial charge on any atom is -0.483 e. The van der Waals surface area contributed by atoms with E-state index in [9.17, 15) is 18.3 Å². The molecule has 0 unspecified atom stereocenters. The number of benzene rings is 1. The van der Waals surface area contributed by atoms with E-state index >= 15 is 0 Å². The molecule has 2 heterocycles. The minimum absolute atomic E-state index is 0.0932. The summed E-state index contributed by atoms with van der Waals surface area (Å²) in [6, 6.07) is 12.1. The van der Waals surface area contributed by atoms with Gasteiger partial charge in [-0.15, -0.1) is 0 Å². The van der Waals surface area contributed by atoms with Gasteiger partial charge >= 0.3 is 6.18 Å². The summed E-state index contributed by atoms with van der Waals surface area (Å²) in [5.74, 6) is -0.189. The first-order chi connectivity index (χ1) is 13.8. The number of nitrogens with zero attached hydrogens (tertiary/aromatic N) is 1. The van der Waals surface area contributed by atoms with Gasteiger partial charge in [-0.2, -0.15) is 13.2 Å². The van der Waals surface area contributed by atoms with Crippen LogP contribution in [-0.4, -0.2) is 34.7 Å². The molecule has 0 amide bonds. The highest BCUT2D eigenvalue weighted by Crippen LogP contribution is 2.48. The Morgan fingerprint density at radius 2 is 1.86 bits per heavy atom. The molecular weight excluding hydrogens is 387 g/mol. The van der Waals surface area contributed by atoms with Gasteiger partial charge in [-0.1, -0.05) is 30.3 Å². The van der Waals surface area contributed by atoms with Crippen LogP contribution in [0.2, 0.25) is 0 Å². The molecular formula is C21H24F3NO4. The van der Waals surface area contributed by atoms with E-state index in [1.807, 2.05) is 30.3 Å². The smallest absolute Gasteiger partial charge is 0.449 e. The fraction of sp³-hybridized carbons (Fsp3) is 0.476.